The molecule has 0 radical (unpaired) electrons. The summed E-state index contributed by atoms with van der Waals surface area (Å²) in [4.78, 5) is 0.299. The molecular weight excluding hydrogens is 250 g/mol. The molecule has 0 saturated heterocycles. The second-order valence-corrected chi connectivity index (χ2v) is 6.82. The van der Waals surface area contributed by atoms with E-state index in [1.54, 1.807) is 19.1 Å². The third kappa shape index (κ3) is 2.43. The minimum Gasteiger partial charge on any atom is -0.394 e. The third-order valence-electron chi connectivity index (χ3n) is 3.58. The van der Waals surface area contributed by atoms with Crippen LogP contribution in [0.5, 0.6) is 0 Å². The molecule has 1 saturated carbocycles. The van der Waals surface area contributed by atoms with Crippen LogP contribution >= 0.6 is 0 Å². The summed E-state index contributed by atoms with van der Waals surface area (Å²) >= 11 is 0. The van der Waals surface area contributed by atoms with Gasteiger partial charge in [-0.1, -0.05) is 17.7 Å². The smallest absolute Gasteiger partial charge is 0.241 e. The highest BCUT2D eigenvalue weighted by molar-refractivity contribution is 7.89. The zero-order chi connectivity index (χ0) is 13.4. The van der Waals surface area contributed by atoms with Crippen LogP contribution in [0.1, 0.15) is 30.4 Å². The van der Waals surface area contributed by atoms with E-state index in [4.69, 9.17) is 0 Å². The predicted molar refractivity (Wildman–Crippen MR) is 69.9 cm³/mol. The Labute approximate surface area is 108 Å². The monoisotopic (exact) mass is 269 g/mol. The fourth-order valence-electron chi connectivity index (χ4n) is 2.34. The summed E-state index contributed by atoms with van der Waals surface area (Å²) in [6.07, 6.45) is 2.36. The quantitative estimate of drug-likeness (QED) is 0.870. The molecule has 0 atom stereocenters. The summed E-state index contributed by atoms with van der Waals surface area (Å²) in [5, 5.41) is 9.33. The molecule has 1 fully saturated rings. The van der Waals surface area contributed by atoms with Crippen molar-refractivity contribution in [2.45, 2.75) is 43.5 Å². The van der Waals surface area contributed by atoms with Crippen LogP contribution in [-0.4, -0.2) is 25.7 Å². The highest BCUT2D eigenvalue weighted by Crippen LogP contribution is 2.33. The normalized spacial score (nSPS) is 18.4. The van der Waals surface area contributed by atoms with Crippen molar-refractivity contribution in [3.63, 3.8) is 0 Å². The van der Waals surface area contributed by atoms with Gasteiger partial charge in [-0.15, -0.1) is 0 Å². The first-order chi connectivity index (χ1) is 8.38. The summed E-state index contributed by atoms with van der Waals surface area (Å²) in [5.41, 5.74) is 1.12. The van der Waals surface area contributed by atoms with Gasteiger partial charge in [0.1, 0.15) is 0 Å². The lowest BCUT2D eigenvalue weighted by molar-refractivity contribution is 0.110. The van der Waals surface area contributed by atoms with Crippen molar-refractivity contribution in [1.29, 1.82) is 0 Å². The van der Waals surface area contributed by atoms with Gasteiger partial charge in [0.05, 0.1) is 17.0 Å². The highest BCUT2D eigenvalue weighted by atomic mass is 32.2. The molecule has 0 heterocycles. The van der Waals surface area contributed by atoms with Crippen LogP contribution in [0.2, 0.25) is 0 Å². The summed E-state index contributed by atoms with van der Waals surface area (Å²) < 4.78 is 27.3. The molecule has 1 aliphatic rings. The Morgan fingerprint density at radius 1 is 1.33 bits per heavy atom. The zero-order valence-corrected chi connectivity index (χ0v) is 11.5. The summed E-state index contributed by atoms with van der Waals surface area (Å²) in [5.74, 6) is 0. The minimum absolute atomic E-state index is 0.142. The van der Waals surface area contributed by atoms with Crippen LogP contribution in [0.25, 0.3) is 0 Å². The van der Waals surface area contributed by atoms with E-state index in [0.717, 1.165) is 17.5 Å². The molecule has 1 aliphatic carbocycles. The molecule has 1 aromatic carbocycles. The second kappa shape index (κ2) is 4.64. The van der Waals surface area contributed by atoms with Gasteiger partial charge in [-0.05, 0) is 44.7 Å². The molecule has 5 heteroatoms. The largest absolute Gasteiger partial charge is 0.394 e. The number of aliphatic hydroxyl groups excluding tert-OH is 1. The van der Waals surface area contributed by atoms with Gasteiger partial charge in [0, 0.05) is 0 Å². The molecule has 18 heavy (non-hydrogen) atoms. The Hall–Kier alpha value is -0.910. The first-order valence-electron chi connectivity index (χ1n) is 6.11. The summed E-state index contributed by atoms with van der Waals surface area (Å²) in [6.45, 7) is 3.57. The molecule has 1 aromatic rings. The van der Waals surface area contributed by atoms with Crippen molar-refractivity contribution in [2.24, 2.45) is 0 Å². The van der Waals surface area contributed by atoms with Gasteiger partial charge in [0.2, 0.25) is 10.0 Å². The SMILES string of the molecule is Cc1ccc(S(=O)(=O)NC2(CO)CCC2)c(C)c1. The van der Waals surface area contributed by atoms with E-state index in [9.17, 15) is 13.5 Å². The van der Waals surface area contributed by atoms with E-state index in [2.05, 4.69) is 4.72 Å². The van der Waals surface area contributed by atoms with Crippen LogP contribution in [0.4, 0.5) is 0 Å². The van der Waals surface area contributed by atoms with Gasteiger partial charge in [-0.3, -0.25) is 0 Å². The highest BCUT2D eigenvalue weighted by Gasteiger charge is 2.40. The van der Waals surface area contributed by atoms with E-state index in [0.29, 0.717) is 17.7 Å². The van der Waals surface area contributed by atoms with Crippen LogP contribution in [0, 0.1) is 13.8 Å². The molecular formula is C13H19NO3S. The standard InChI is InChI=1S/C13H19NO3S/c1-10-4-5-12(11(2)8-10)18(16,17)14-13(9-15)6-3-7-13/h4-5,8,14-15H,3,6-7,9H2,1-2H3. The number of hydrogen-bond donors (Lipinski definition) is 2. The Balaban J connectivity index is 2.31. The van der Waals surface area contributed by atoms with Crippen molar-refractivity contribution >= 4 is 10.0 Å². The molecule has 0 aliphatic heterocycles. The van der Waals surface area contributed by atoms with E-state index < -0.39 is 15.6 Å². The average Bonchev–Trinajstić information content (AvgIpc) is 2.23. The van der Waals surface area contributed by atoms with Gasteiger partial charge in [-0.2, -0.15) is 0 Å². The van der Waals surface area contributed by atoms with Crippen molar-refractivity contribution in [2.75, 3.05) is 6.61 Å². The van der Waals surface area contributed by atoms with Gasteiger partial charge < -0.3 is 5.11 Å². The maximum Gasteiger partial charge on any atom is 0.241 e. The van der Waals surface area contributed by atoms with E-state index in [-0.39, 0.29) is 6.61 Å². The molecule has 0 aromatic heterocycles. The van der Waals surface area contributed by atoms with Gasteiger partial charge >= 0.3 is 0 Å². The maximum atomic E-state index is 12.3. The lowest BCUT2D eigenvalue weighted by Crippen LogP contribution is -2.56. The topological polar surface area (TPSA) is 66.4 Å². The number of rotatable bonds is 4. The number of hydrogen-bond acceptors (Lipinski definition) is 3. The first kappa shape index (κ1) is 13.5. The fraction of sp³-hybridized carbons (Fsp3) is 0.538. The van der Waals surface area contributed by atoms with E-state index >= 15 is 0 Å². The van der Waals surface area contributed by atoms with Crippen LogP contribution < -0.4 is 4.72 Å². The van der Waals surface area contributed by atoms with Crippen molar-refractivity contribution in [1.82, 2.24) is 4.72 Å². The van der Waals surface area contributed by atoms with E-state index in [1.165, 1.54) is 0 Å². The Morgan fingerprint density at radius 2 is 2.00 bits per heavy atom. The number of benzene rings is 1. The number of nitrogens with one attached hydrogen (secondary N) is 1. The van der Waals surface area contributed by atoms with Gasteiger partial charge in [0.25, 0.3) is 0 Å². The van der Waals surface area contributed by atoms with E-state index in [1.807, 2.05) is 13.0 Å². The lowest BCUT2D eigenvalue weighted by Gasteiger charge is -2.40. The maximum absolute atomic E-state index is 12.3. The van der Waals surface area contributed by atoms with Crippen LogP contribution in [-0.2, 0) is 10.0 Å². The van der Waals surface area contributed by atoms with Gasteiger partial charge in [-0.25, -0.2) is 13.1 Å². The summed E-state index contributed by atoms with van der Waals surface area (Å²) in [6, 6.07) is 5.26. The van der Waals surface area contributed by atoms with Crippen molar-refractivity contribution < 1.29 is 13.5 Å². The molecule has 2 N–H and O–H groups in total. The van der Waals surface area contributed by atoms with Gasteiger partial charge in [0.15, 0.2) is 0 Å². The van der Waals surface area contributed by atoms with Crippen molar-refractivity contribution in [3.8, 4) is 0 Å². The summed E-state index contributed by atoms with van der Waals surface area (Å²) in [7, 11) is -3.55. The molecule has 100 valence electrons. The van der Waals surface area contributed by atoms with Crippen LogP contribution in [0.3, 0.4) is 0 Å². The molecule has 0 bridgehead atoms. The molecule has 0 unspecified atom stereocenters. The molecule has 4 nitrogen and oxygen atoms in total. The second-order valence-electron chi connectivity index (χ2n) is 5.17. The molecule has 0 amide bonds. The number of aliphatic hydroxyl groups is 1. The lowest BCUT2D eigenvalue weighted by atomic mass is 9.78. The minimum atomic E-state index is -3.55. The Bertz CT molecular complexity index is 542. The zero-order valence-electron chi connectivity index (χ0n) is 10.7. The predicted octanol–water partition coefficient (Wildman–Crippen LogP) is 1.50. The number of aryl methyl sites for hydroxylation is 2. The Kier molecular flexibility index (Phi) is 3.49. The number of sulfonamides is 1. The van der Waals surface area contributed by atoms with Crippen molar-refractivity contribution in [3.05, 3.63) is 29.3 Å². The fourth-order valence-corrected chi connectivity index (χ4v) is 4.02. The average molecular weight is 269 g/mol. The first-order valence-corrected chi connectivity index (χ1v) is 7.59. The molecule has 2 rings (SSSR count). The Morgan fingerprint density at radius 3 is 2.44 bits per heavy atom. The third-order valence-corrected chi connectivity index (χ3v) is 5.32. The molecule has 0 spiro atoms. The van der Waals surface area contributed by atoms with Crippen LogP contribution in [0.15, 0.2) is 23.1 Å².